The number of hydrogen-bond donors (Lipinski definition) is 1. The molecule has 0 aliphatic heterocycles. The van der Waals surface area contributed by atoms with E-state index in [1.165, 1.54) is 32.4 Å². The standard InChI is InChI=1S/C13H18FNO/c1-16-13-10(6-3-7-12(13)14)11(8-15)9-4-2-5-9/h3,6-7,9,11H,2,4-5,8,15H2,1H3. The zero-order valence-electron chi connectivity index (χ0n) is 9.58. The van der Waals surface area contributed by atoms with Crippen molar-refractivity contribution in [1.29, 1.82) is 0 Å². The van der Waals surface area contributed by atoms with E-state index in [9.17, 15) is 4.39 Å². The van der Waals surface area contributed by atoms with Crippen molar-refractivity contribution >= 4 is 0 Å². The first-order chi connectivity index (χ1) is 7.77. The minimum absolute atomic E-state index is 0.236. The fraction of sp³-hybridized carbons (Fsp3) is 0.538. The van der Waals surface area contributed by atoms with Gasteiger partial charge in [-0.3, -0.25) is 0 Å². The number of hydrogen-bond acceptors (Lipinski definition) is 2. The quantitative estimate of drug-likeness (QED) is 0.851. The molecule has 3 heteroatoms. The molecular weight excluding hydrogens is 205 g/mol. The van der Waals surface area contributed by atoms with Crippen LogP contribution in [0.4, 0.5) is 4.39 Å². The Labute approximate surface area is 95.6 Å². The third kappa shape index (κ3) is 1.92. The van der Waals surface area contributed by atoms with Crippen LogP contribution in [-0.4, -0.2) is 13.7 Å². The Hall–Kier alpha value is -1.09. The summed E-state index contributed by atoms with van der Waals surface area (Å²) < 4.78 is 18.7. The maximum atomic E-state index is 13.6. The van der Waals surface area contributed by atoms with E-state index in [4.69, 9.17) is 10.5 Å². The number of halogens is 1. The number of methoxy groups -OCH3 is 1. The second-order valence-corrected chi connectivity index (χ2v) is 4.40. The van der Waals surface area contributed by atoms with Gasteiger partial charge < -0.3 is 10.5 Å². The van der Waals surface area contributed by atoms with Crippen LogP contribution >= 0.6 is 0 Å². The monoisotopic (exact) mass is 223 g/mol. The van der Waals surface area contributed by atoms with Crippen molar-refractivity contribution in [2.24, 2.45) is 11.7 Å². The van der Waals surface area contributed by atoms with E-state index in [0.717, 1.165) is 5.56 Å². The summed E-state index contributed by atoms with van der Waals surface area (Å²) in [5.74, 6) is 0.905. The average Bonchev–Trinajstić information content (AvgIpc) is 2.22. The summed E-state index contributed by atoms with van der Waals surface area (Å²) >= 11 is 0. The number of rotatable bonds is 4. The summed E-state index contributed by atoms with van der Waals surface area (Å²) in [5, 5.41) is 0. The Balaban J connectivity index is 2.32. The van der Waals surface area contributed by atoms with Crippen molar-refractivity contribution in [3.63, 3.8) is 0 Å². The van der Waals surface area contributed by atoms with E-state index in [0.29, 0.717) is 18.2 Å². The van der Waals surface area contributed by atoms with Crippen LogP contribution in [0, 0.1) is 11.7 Å². The fourth-order valence-corrected chi connectivity index (χ4v) is 2.45. The van der Waals surface area contributed by atoms with Crippen LogP contribution in [0.1, 0.15) is 30.7 Å². The molecular formula is C13H18FNO. The molecule has 0 heterocycles. The van der Waals surface area contributed by atoms with Gasteiger partial charge in [0.05, 0.1) is 7.11 Å². The molecule has 16 heavy (non-hydrogen) atoms. The van der Waals surface area contributed by atoms with Crippen LogP contribution in [0.5, 0.6) is 5.75 Å². The molecule has 0 bridgehead atoms. The van der Waals surface area contributed by atoms with Gasteiger partial charge in [-0.2, -0.15) is 0 Å². The molecule has 1 fully saturated rings. The zero-order valence-corrected chi connectivity index (χ0v) is 9.58. The Morgan fingerprint density at radius 3 is 2.75 bits per heavy atom. The lowest BCUT2D eigenvalue weighted by molar-refractivity contribution is 0.257. The van der Waals surface area contributed by atoms with E-state index < -0.39 is 0 Å². The number of nitrogens with two attached hydrogens (primary N) is 1. The lowest BCUT2D eigenvalue weighted by Gasteiger charge is -2.34. The molecule has 88 valence electrons. The zero-order chi connectivity index (χ0) is 11.5. The summed E-state index contributed by atoms with van der Waals surface area (Å²) in [6, 6.07) is 5.09. The number of ether oxygens (including phenoxy) is 1. The average molecular weight is 223 g/mol. The van der Waals surface area contributed by atoms with E-state index >= 15 is 0 Å². The van der Waals surface area contributed by atoms with Gasteiger partial charge in [-0.1, -0.05) is 18.6 Å². The maximum absolute atomic E-state index is 13.6. The SMILES string of the molecule is COc1c(F)cccc1C(CN)C1CCC1. The first-order valence-corrected chi connectivity index (χ1v) is 5.80. The molecule has 0 spiro atoms. The molecule has 1 saturated carbocycles. The second kappa shape index (κ2) is 4.83. The third-order valence-corrected chi connectivity index (χ3v) is 3.57. The topological polar surface area (TPSA) is 35.2 Å². The first-order valence-electron chi connectivity index (χ1n) is 5.80. The van der Waals surface area contributed by atoms with E-state index in [2.05, 4.69) is 0 Å². The van der Waals surface area contributed by atoms with Crippen LogP contribution in [0.2, 0.25) is 0 Å². The van der Waals surface area contributed by atoms with Crippen LogP contribution in [0.3, 0.4) is 0 Å². The smallest absolute Gasteiger partial charge is 0.165 e. The Morgan fingerprint density at radius 1 is 1.50 bits per heavy atom. The molecule has 1 aromatic carbocycles. The lowest BCUT2D eigenvalue weighted by atomic mass is 9.73. The van der Waals surface area contributed by atoms with Gasteiger partial charge in [0.2, 0.25) is 0 Å². The predicted molar refractivity (Wildman–Crippen MR) is 62.1 cm³/mol. The van der Waals surface area contributed by atoms with E-state index in [-0.39, 0.29) is 11.7 Å². The van der Waals surface area contributed by atoms with E-state index in [1.54, 1.807) is 6.07 Å². The molecule has 2 nitrogen and oxygen atoms in total. The Kier molecular flexibility index (Phi) is 3.44. The van der Waals surface area contributed by atoms with Gasteiger partial charge in [-0.25, -0.2) is 4.39 Å². The van der Waals surface area contributed by atoms with Gasteiger partial charge in [0.1, 0.15) is 0 Å². The van der Waals surface area contributed by atoms with Gasteiger partial charge in [0.15, 0.2) is 11.6 Å². The van der Waals surface area contributed by atoms with Gasteiger partial charge in [-0.15, -0.1) is 0 Å². The van der Waals surface area contributed by atoms with Crippen LogP contribution in [-0.2, 0) is 0 Å². The van der Waals surface area contributed by atoms with Gasteiger partial charge in [-0.05, 0) is 31.4 Å². The number of benzene rings is 1. The third-order valence-electron chi connectivity index (χ3n) is 3.57. The minimum atomic E-state index is -0.294. The van der Waals surface area contributed by atoms with Gasteiger partial charge in [0.25, 0.3) is 0 Å². The molecule has 0 amide bonds. The summed E-state index contributed by atoms with van der Waals surface area (Å²) in [4.78, 5) is 0. The molecule has 1 unspecified atom stereocenters. The molecule has 1 aliphatic rings. The first kappa shape index (κ1) is 11.4. The van der Waals surface area contributed by atoms with Crippen LogP contribution in [0.15, 0.2) is 18.2 Å². The van der Waals surface area contributed by atoms with Gasteiger partial charge in [0, 0.05) is 11.5 Å². The molecule has 1 aromatic rings. The highest BCUT2D eigenvalue weighted by atomic mass is 19.1. The molecule has 1 aliphatic carbocycles. The van der Waals surface area contributed by atoms with Crippen molar-refractivity contribution in [2.75, 3.05) is 13.7 Å². The van der Waals surface area contributed by atoms with Crippen molar-refractivity contribution < 1.29 is 9.13 Å². The highest BCUT2D eigenvalue weighted by Crippen LogP contribution is 2.42. The summed E-state index contributed by atoms with van der Waals surface area (Å²) in [6.45, 7) is 0.560. The molecule has 0 saturated heterocycles. The Bertz CT molecular complexity index is 363. The summed E-state index contributed by atoms with van der Waals surface area (Å²) in [7, 11) is 1.51. The van der Waals surface area contributed by atoms with Crippen molar-refractivity contribution in [3.05, 3.63) is 29.6 Å². The van der Waals surface area contributed by atoms with E-state index in [1.807, 2.05) is 6.07 Å². The summed E-state index contributed by atoms with van der Waals surface area (Å²) in [6.07, 6.45) is 3.65. The molecule has 1 atom stereocenters. The molecule has 0 radical (unpaired) electrons. The number of para-hydroxylation sites is 1. The van der Waals surface area contributed by atoms with Crippen LogP contribution < -0.4 is 10.5 Å². The maximum Gasteiger partial charge on any atom is 0.165 e. The fourth-order valence-electron chi connectivity index (χ4n) is 2.45. The normalized spacial score (nSPS) is 17.9. The molecule has 2 rings (SSSR count). The van der Waals surface area contributed by atoms with Crippen LogP contribution in [0.25, 0.3) is 0 Å². The lowest BCUT2D eigenvalue weighted by Crippen LogP contribution is -2.27. The highest BCUT2D eigenvalue weighted by molar-refractivity contribution is 5.38. The largest absolute Gasteiger partial charge is 0.493 e. The van der Waals surface area contributed by atoms with Crippen molar-refractivity contribution in [1.82, 2.24) is 0 Å². The predicted octanol–water partition coefficient (Wildman–Crippen LogP) is 2.68. The second-order valence-electron chi connectivity index (χ2n) is 4.40. The summed E-state index contributed by atoms with van der Waals surface area (Å²) in [5.41, 5.74) is 6.74. The van der Waals surface area contributed by atoms with Gasteiger partial charge >= 0.3 is 0 Å². The highest BCUT2D eigenvalue weighted by Gasteiger charge is 2.30. The molecule has 0 aromatic heterocycles. The minimum Gasteiger partial charge on any atom is -0.493 e. The molecule has 2 N–H and O–H groups in total. The van der Waals surface area contributed by atoms with Crippen molar-refractivity contribution in [2.45, 2.75) is 25.2 Å². The Morgan fingerprint density at radius 2 is 2.25 bits per heavy atom. The van der Waals surface area contributed by atoms with Crippen molar-refractivity contribution in [3.8, 4) is 5.75 Å².